The highest BCUT2D eigenvalue weighted by atomic mass is 16.5. The minimum Gasteiger partial charge on any atom is -0.469 e. The van der Waals surface area contributed by atoms with Crippen molar-refractivity contribution in [3.63, 3.8) is 0 Å². The zero-order valence-corrected chi connectivity index (χ0v) is 17.4. The number of hydrogen-bond donors (Lipinski definition) is 0. The molecule has 0 radical (unpaired) electrons. The van der Waals surface area contributed by atoms with Gasteiger partial charge in [-0.1, -0.05) is 26.7 Å². The van der Waals surface area contributed by atoms with Gasteiger partial charge in [-0.05, 0) is 105 Å². The highest BCUT2D eigenvalue weighted by Gasteiger charge is 2.59. The fourth-order valence-corrected chi connectivity index (χ4v) is 8.47. The summed E-state index contributed by atoms with van der Waals surface area (Å²) in [6.07, 6.45) is 17.7. The number of methoxy groups -OCH3 is 1. The number of fused-ring (bicyclic) bond motifs is 5. The molecule has 0 N–H and O–H groups in total. The minimum atomic E-state index is -0.0306. The third-order valence-corrected chi connectivity index (χ3v) is 9.94. The molecular formula is C24H40O2. The first-order valence-electron chi connectivity index (χ1n) is 11.6. The van der Waals surface area contributed by atoms with E-state index >= 15 is 0 Å². The molecule has 2 nitrogen and oxygen atoms in total. The summed E-state index contributed by atoms with van der Waals surface area (Å²) in [6, 6.07) is 0. The average Bonchev–Trinajstić information content (AvgIpc) is 2.97. The molecule has 4 saturated carbocycles. The maximum atomic E-state index is 11.5. The van der Waals surface area contributed by atoms with Crippen molar-refractivity contribution in [3.8, 4) is 0 Å². The third kappa shape index (κ3) is 2.94. The topological polar surface area (TPSA) is 26.3 Å². The number of esters is 1. The molecular weight excluding hydrogens is 320 g/mol. The van der Waals surface area contributed by atoms with Gasteiger partial charge in [0.25, 0.3) is 0 Å². The summed E-state index contributed by atoms with van der Waals surface area (Å²) in [5, 5.41) is 0. The first-order valence-corrected chi connectivity index (χ1v) is 11.6. The molecule has 0 aromatic rings. The van der Waals surface area contributed by atoms with Gasteiger partial charge in [0.15, 0.2) is 0 Å². The van der Waals surface area contributed by atoms with Gasteiger partial charge in [0.05, 0.1) is 7.11 Å². The minimum absolute atomic E-state index is 0.0306. The maximum Gasteiger partial charge on any atom is 0.305 e. The molecule has 0 aliphatic heterocycles. The van der Waals surface area contributed by atoms with Crippen LogP contribution >= 0.6 is 0 Å². The number of rotatable bonds is 4. The predicted octanol–water partition coefficient (Wildman–Crippen LogP) is 6.38. The van der Waals surface area contributed by atoms with Crippen molar-refractivity contribution in [1.29, 1.82) is 0 Å². The lowest BCUT2D eigenvalue weighted by Gasteiger charge is -2.60. The summed E-state index contributed by atoms with van der Waals surface area (Å²) in [5.74, 6) is 4.81. The second-order valence-electron chi connectivity index (χ2n) is 10.7. The van der Waals surface area contributed by atoms with E-state index in [1.54, 1.807) is 0 Å². The van der Waals surface area contributed by atoms with Gasteiger partial charge in [-0.2, -0.15) is 0 Å². The molecule has 7 atom stereocenters. The van der Waals surface area contributed by atoms with E-state index in [9.17, 15) is 4.79 Å². The SMILES string of the molecule is COC(=O)CCC[C@H]1CCC2C3CCC4CCCCC4(C)C3CCC21C. The molecule has 2 heteroatoms. The monoisotopic (exact) mass is 360 g/mol. The van der Waals surface area contributed by atoms with Crippen LogP contribution in [-0.2, 0) is 9.53 Å². The van der Waals surface area contributed by atoms with Crippen LogP contribution in [0, 0.1) is 40.4 Å². The Kier molecular flexibility index (Phi) is 5.16. The fraction of sp³-hybridized carbons (Fsp3) is 0.958. The summed E-state index contributed by atoms with van der Waals surface area (Å²) in [4.78, 5) is 11.5. The quantitative estimate of drug-likeness (QED) is 0.544. The molecule has 4 aliphatic carbocycles. The van der Waals surface area contributed by atoms with Gasteiger partial charge >= 0.3 is 5.97 Å². The van der Waals surface area contributed by atoms with Crippen LogP contribution < -0.4 is 0 Å². The maximum absolute atomic E-state index is 11.5. The molecule has 4 aliphatic rings. The summed E-state index contributed by atoms with van der Waals surface area (Å²) in [5.41, 5.74) is 1.21. The summed E-state index contributed by atoms with van der Waals surface area (Å²) >= 11 is 0. The lowest BCUT2D eigenvalue weighted by Crippen LogP contribution is -2.52. The smallest absolute Gasteiger partial charge is 0.305 e. The number of ether oxygens (including phenoxy) is 1. The second-order valence-corrected chi connectivity index (χ2v) is 10.7. The van der Waals surface area contributed by atoms with Crippen LogP contribution in [-0.4, -0.2) is 13.1 Å². The van der Waals surface area contributed by atoms with Crippen molar-refractivity contribution in [2.45, 2.75) is 97.3 Å². The number of hydrogen-bond acceptors (Lipinski definition) is 2. The summed E-state index contributed by atoms with van der Waals surface area (Å²) in [6.45, 7) is 5.30. The average molecular weight is 361 g/mol. The van der Waals surface area contributed by atoms with Crippen molar-refractivity contribution >= 4 is 5.97 Å². The highest BCUT2D eigenvalue weighted by Crippen LogP contribution is 2.67. The van der Waals surface area contributed by atoms with E-state index in [-0.39, 0.29) is 5.97 Å². The highest BCUT2D eigenvalue weighted by molar-refractivity contribution is 5.68. The van der Waals surface area contributed by atoms with Crippen LogP contribution in [0.3, 0.4) is 0 Å². The van der Waals surface area contributed by atoms with Gasteiger partial charge in [-0.3, -0.25) is 4.79 Å². The third-order valence-electron chi connectivity index (χ3n) is 9.94. The Morgan fingerprint density at radius 2 is 1.73 bits per heavy atom. The van der Waals surface area contributed by atoms with E-state index in [0.717, 1.165) is 36.0 Å². The molecule has 0 bridgehead atoms. The largest absolute Gasteiger partial charge is 0.469 e. The molecule has 4 fully saturated rings. The van der Waals surface area contributed by atoms with Gasteiger partial charge in [0.2, 0.25) is 0 Å². The molecule has 0 aromatic carbocycles. The first kappa shape index (κ1) is 18.8. The van der Waals surface area contributed by atoms with Gasteiger partial charge < -0.3 is 4.74 Å². The van der Waals surface area contributed by atoms with Crippen LogP contribution in [0.4, 0.5) is 0 Å². The van der Waals surface area contributed by atoms with Crippen molar-refractivity contribution in [1.82, 2.24) is 0 Å². The van der Waals surface area contributed by atoms with Crippen molar-refractivity contribution in [3.05, 3.63) is 0 Å². The molecule has 0 aromatic heterocycles. The van der Waals surface area contributed by atoms with Gasteiger partial charge in [-0.25, -0.2) is 0 Å². The van der Waals surface area contributed by atoms with Crippen molar-refractivity contribution in [2.24, 2.45) is 40.4 Å². The van der Waals surface area contributed by atoms with Gasteiger partial charge in [-0.15, -0.1) is 0 Å². The zero-order valence-electron chi connectivity index (χ0n) is 17.4. The Balaban J connectivity index is 1.45. The Morgan fingerprint density at radius 3 is 2.54 bits per heavy atom. The fourth-order valence-electron chi connectivity index (χ4n) is 8.47. The Labute approximate surface area is 160 Å². The summed E-state index contributed by atoms with van der Waals surface area (Å²) < 4.78 is 4.84. The van der Waals surface area contributed by atoms with Gasteiger partial charge in [0, 0.05) is 6.42 Å². The molecule has 0 saturated heterocycles. The molecule has 148 valence electrons. The Bertz CT molecular complexity index is 528. The van der Waals surface area contributed by atoms with Crippen molar-refractivity contribution in [2.75, 3.05) is 7.11 Å². The van der Waals surface area contributed by atoms with E-state index in [2.05, 4.69) is 13.8 Å². The molecule has 0 spiro atoms. The van der Waals surface area contributed by atoms with E-state index in [4.69, 9.17) is 4.74 Å². The molecule has 4 rings (SSSR count). The van der Waals surface area contributed by atoms with Crippen molar-refractivity contribution < 1.29 is 9.53 Å². The predicted molar refractivity (Wildman–Crippen MR) is 106 cm³/mol. The first-order chi connectivity index (χ1) is 12.5. The molecule has 26 heavy (non-hydrogen) atoms. The lowest BCUT2D eigenvalue weighted by molar-refractivity contribution is -0.140. The van der Waals surface area contributed by atoms with Crippen LogP contribution in [0.2, 0.25) is 0 Å². The van der Waals surface area contributed by atoms with E-state index in [1.807, 2.05) is 0 Å². The summed E-state index contributed by atoms with van der Waals surface area (Å²) in [7, 11) is 1.51. The normalized spacial score (nSPS) is 47.6. The van der Waals surface area contributed by atoms with Gasteiger partial charge in [0.1, 0.15) is 0 Å². The standard InChI is InChI=1S/C24H40O2/c1-23-15-5-4-7-17(23)10-12-19-20-13-11-18(8-6-9-22(25)26-3)24(20,2)16-14-21(19)23/h17-21H,4-16H2,1-3H3/t17?,18-,19?,20?,21?,23?,24?/m0/s1. The zero-order chi connectivity index (χ0) is 18.4. The molecule has 0 heterocycles. The van der Waals surface area contributed by atoms with E-state index in [1.165, 1.54) is 77.7 Å². The van der Waals surface area contributed by atoms with Crippen LogP contribution in [0.15, 0.2) is 0 Å². The molecule has 0 amide bonds. The van der Waals surface area contributed by atoms with Crippen LogP contribution in [0.1, 0.15) is 97.3 Å². The Hall–Kier alpha value is -0.530. The Morgan fingerprint density at radius 1 is 0.923 bits per heavy atom. The van der Waals surface area contributed by atoms with Crippen LogP contribution in [0.5, 0.6) is 0 Å². The van der Waals surface area contributed by atoms with E-state index in [0.29, 0.717) is 17.3 Å². The number of carbonyl (C=O) groups is 1. The second kappa shape index (κ2) is 7.13. The lowest BCUT2D eigenvalue weighted by atomic mass is 9.45. The number of carbonyl (C=O) groups excluding carboxylic acids is 1. The van der Waals surface area contributed by atoms with Crippen LogP contribution in [0.25, 0.3) is 0 Å². The van der Waals surface area contributed by atoms with E-state index < -0.39 is 0 Å². The molecule has 6 unspecified atom stereocenters.